The maximum absolute atomic E-state index is 13.6. The molecule has 2 aromatic heterocycles. The van der Waals surface area contributed by atoms with Crippen LogP contribution in [0.25, 0.3) is 16.7 Å². The molecule has 1 amide bonds. The second kappa shape index (κ2) is 12.0. The van der Waals surface area contributed by atoms with Gasteiger partial charge in [0.25, 0.3) is 0 Å². The number of likely N-dealkylation sites (N-methyl/N-ethyl adjacent to an activating group) is 1. The van der Waals surface area contributed by atoms with E-state index in [0.29, 0.717) is 11.4 Å². The predicted octanol–water partition coefficient (Wildman–Crippen LogP) is 4.24. The molecule has 1 fully saturated rings. The number of alkyl halides is 2. The topological polar surface area (TPSA) is 99.0 Å². The molecule has 12 heteroatoms. The van der Waals surface area contributed by atoms with Crippen LogP contribution in [0.3, 0.4) is 0 Å². The molecule has 1 saturated heterocycles. The van der Waals surface area contributed by atoms with Gasteiger partial charge in [0.1, 0.15) is 0 Å². The van der Waals surface area contributed by atoms with Gasteiger partial charge in [0, 0.05) is 62.1 Å². The van der Waals surface area contributed by atoms with Gasteiger partial charge in [-0.3, -0.25) is 9.78 Å². The van der Waals surface area contributed by atoms with Crippen molar-refractivity contribution in [2.45, 2.75) is 31.8 Å². The van der Waals surface area contributed by atoms with Crippen LogP contribution in [0.2, 0.25) is 0 Å². The average molecular weight is 565 g/mol. The van der Waals surface area contributed by atoms with Gasteiger partial charge in [-0.2, -0.15) is 8.78 Å². The second-order valence-electron chi connectivity index (χ2n) is 10.3. The third-order valence-corrected chi connectivity index (χ3v) is 7.11. The number of aromatic nitrogens is 2. The maximum atomic E-state index is 13.6. The molecule has 5 rings (SSSR count). The standard InChI is InChI=1S/C29H34F2N8O2/c1-5-26(40)34-21-14-22(25(41-28(30)31)15-24(21)39-13-7-8-18(39)16-37(2)3)36-29-33-12-10-20(35-29)19-17-38(4)23-9-6-11-32-27(19)23/h5-6,9-12,14-15,17-18,28-29,35-36H,1,7-8,13,16H2,2-4H3,(H,34,40). The van der Waals surface area contributed by atoms with Gasteiger partial charge in [-0.05, 0) is 57.3 Å². The fourth-order valence-corrected chi connectivity index (χ4v) is 5.40. The van der Waals surface area contributed by atoms with Crippen LogP contribution in [0.1, 0.15) is 18.4 Å². The van der Waals surface area contributed by atoms with Crippen LogP contribution in [0.4, 0.5) is 25.8 Å². The molecule has 2 unspecified atom stereocenters. The summed E-state index contributed by atoms with van der Waals surface area (Å²) in [6, 6.07) is 7.17. The van der Waals surface area contributed by atoms with E-state index in [1.54, 1.807) is 24.5 Å². The fourth-order valence-electron chi connectivity index (χ4n) is 5.40. The minimum Gasteiger partial charge on any atom is -0.433 e. The van der Waals surface area contributed by atoms with Crippen LogP contribution in [0, 0.1) is 0 Å². The first kappa shape index (κ1) is 28.1. The van der Waals surface area contributed by atoms with Crippen molar-refractivity contribution in [2.75, 3.05) is 42.7 Å². The lowest BCUT2D eigenvalue weighted by Gasteiger charge is -2.32. The summed E-state index contributed by atoms with van der Waals surface area (Å²) in [6.07, 6.45) is 9.51. The normalized spacial score (nSPS) is 18.5. The Morgan fingerprint density at radius 2 is 2.17 bits per heavy atom. The first-order valence-corrected chi connectivity index (χ1v) is 13.4. The number of rotatable bonds is 10. The lowest BCUT2D eigenvalue weighted by molar-refractivity contribution is -0.111. The van der Waals surface area contributed by atoms with E-state index in [9.17, 15) is 13.6 Å². The molecule has 2 aliphatic rings. The highest BCUT2D eigenvalue weighted by atomic mass is 19.3. The highest BCUT2D eigenvalue weighted by Crippen LogP contribution is 2.41. The number of fused-ring (bicyclic) bond motifs is 1. The molecule has 1 aromatic carbocycles. The Morgan fingerprint density at radius 1 is 1.34 bits per heavy atom. The highest BCUT2D eigenvalue weighted by Gasteiger charge is 2.29. The summed E-state index contributed by atoms with van der Waals surface area (Å²) < 4.78 is 34.2. The molecule has 0 saturated carbocycles. The molecule has 3 N–H and O–H groups in total. The Hall–Kier alpha value is -4.45. The van der Waals surface area contributed by atoms with Crippen LogP contribution < -0.4 is 25.6 Å². The van der Waals surface area contributed by atoms with E-state index in [1.165, 1.54) is 6.08 Å². The summed E-state index contributed by atoms with van der Waals surface area (Å²) in [5.41, 5.74) is 4.73. The number of aliphatic imine (C=N–C) groups is 1. The first-order chi connectivity index (χ1) is 19.7. The van der Waals surface area contributed by atoms with Gasteiger partial charge < -0.3 is 35.1 Å². The predicted molar refractivity (Wildman–Crippen MR) is 159 cm³/mol. The number of aryl methyl sites for hydroxylation is 1. The Labute approximate surface area is 237 Å². The van der Waals surface area contributed by atoms with Gasteiger partial charge in [-0.25, -0.2) is 4.99 Å². The smallest absolute Gasteiger partial charge is 0.387 e. The van der Waals surface area contributed by atoms with Gasteiger partial charge in [-0.1, -0.05) is 6.58 Å². The van der Waals surface area contributed by atoms with Crippen molar-refractivity contribution < 1.29 is 18.3 Å². The van der Waals surface area contributed by atoms with Crippen LogP contribution in [0.5, 0.6) is 5.75 Å². The quantitative estimate of drug-likeness (QED) is 0.317. The Balaban J connectivity index is 1.48. The van der Waals surface area contributed by atoms with Crippen LogP contribution in [-0.2, 0) is 11.8 Å². The number of nitrogens with one attached hydrogen (secondary N) is 3. The van der Waals surface area contributed by atoms with Crippen molar-refractivity contribution in [3.63, 3.8) is 0 Å². The van der Waals surface area contributed by atoms with Crippen LogP contribution in [-0.4, -0.2) is 72.7 Å². The third kappa shape index (κ3) is 6.17. The third-order valence-electron chi connectivity index (χ3n) is 7.11. The summed E-state index contributed by atoms with van der Waals surface area (Å²) in [6.45, 7) is 2.01. The number of benzene rings is 1. The van der Waals surface area contributed by atoms with Crippen molar-refractivity contribution in [1.29, 1.82) is 0 Å². The molecule has 2 aliphatic heterocycles. The largest absolute Gasteiger partial charge is 0.433 e. The molecule has 10 nitrogen and oxygen atoms in total. The number of nitrogens with zero attached hydrogens (tertiary/aromatic N) is 5. The summed E-state index contributed by atoms with van der Waals surface area (Å²) in [7, 11) is 5.92. The molecule has 0 bridgehead atoms. The zero-order chi connectivity index (χ0) is 29.1. The lowest BCUT2D eigenvalue weighted by atomic mass is 10.1. The Bertz CT molecular complexity index is 1500. The number of ether oxygens (including phenoxy) is 1. The monoisotopic (exact) mass is 564 g/mol. The number of hydrogen-bond donors (Lipinski definition) is 3. The van der Waals surface area contributed by atoms with Gasteiger partial charge in [0.15, 0.2) is 12.0 Å². The number of amides is 1. The lowest BCUT2D eigenvalue weighted by Crippen LogP contribution is -2.38. The van der Waals surface area contributed by atoms with Crippen molar-refractivity contribution in [3.05, 3.63) is 61.0 Å². The first-order valence-electron chi connectivity index (χ1n) is 13.4. The molecule has 4 heterocycles. The van der Waals surface area contributed by atoms with Crippen LogP contribution in [0.15, 0.2) is 60.4 Å². The van der Waals surface area contributed by atoms with Crippen molar-refractivity contribution >= 4 is 45.9 Å². The van der Waals surface area contributed by atoms with E-state index in [4.69, 9.17) is 4.74 Å². The molecular formula is C29H34F2N8O2. The molecule has 41 heavy (non-hydrogen) atoms. The van der Waals surface area contributed by atoms with E-state index in [-0.39, 0.29) is 17.5 Å². The number of hydrogen-bond acceptors (Lipinski definition) is 8. The van der Waals surface area contributed by atoms with Gasteiger partial charge in [0.05, 0.1) is 28.1 Å². The number of pyridine rings is 1. The van der Waals surface area contributed by atoms with E-state index in [0.717, 1.165) is 48.2 Å². The molecule has 2 atom stereocenters. The zero-order valence-corrected chi connectivity index (χ0v) is 23.3. The average Bonchev–Trinajstić information content (AvgIpc) is 3.53. The minimum absolute atomic E-state index is 0.0537. The highest BCUT2D eigenvalue weighted by molar-refractivity contribution is 6.02. The number of anilines is 3. The number of halogens is 2. The zero-order valence-electron chi connectivity index (χ0n) is 23.3. The van der Waals surface area contributed by atoms with E-state index >= 15 is 0 Å². The summed E-state index contributed by atoms with van der Waals surface area (Å²) in [5.74, 6) is -0.465. The summed E-state index contributed by atoms with van der Waals surface area (Å²) in [5, 5.41) is 9.32. The molecule has 216 valence electrons. The van der Waals surface area contributed by atoms with Crippen molar-refractivity contribution in [3.8, 4) is 5.75 Å². The molecule has 0 aliphatic carbocycles. The number of carbonyl (C=O) groups is 1. The molecule has 0 spiro atoms. The summed E-state index contributed by atoms with van der Waals surface area (Å²) >= 11 is 0. The maximum Gasteiger partial charge on any atom is 0.387 e. The van der Waals surface area contributed by atoms with E-state index in [1.807, 2.05) is 50.1 Å². The van der Waals surface area contributed by atoms with Gasteiger partial charge in [-0.15, -0.1) is 0 Å². The SMILES string of the molecule is C=CC(=O)Nc1cc(NC2N=CC=C(c3cn(C)c4cccnc34)N2)c(OC(F)F)cc1N1CCCC1CN(C)C. The molecular weight excluding hydrogens is 530 g/mol. The van der Waals surface area contributed by atoms with Crippen molar-refractivity contribution in [1.82, 2.24) is 19.8 Å². The Morgan fingerprint density at radius 3 is 2.93 bits per heavy atom. The second-order valence-corrected chi connectivity index (χ2v) is 10.3. The van der Waals surface area contributed by atoms with Gasteiger partial charge >= 0.3 is 6.61 Å². The number of allylic oxidation sites excluding steroid dienone is 1. The Kier molecular flexibility index (Phi) is 8.20. The van der Waals surface area contributed by atoms with E-state index in [2.05, 4.69) is 42.3 Å². The van der Waals surface area contributed by atoms with Gasteiger partial charge in [0.2, 0.25) is 5.91 Å². The molecule has 3 aromatic rings. The molecule has 0 radical (unpaired) electrons. The van der Waals surface area contributed by atoms with Crippen LogP contribution >= 0.6 is 0 Å². The van der Waals surface area contributed by atoms with E-state index < -0.39 is 18.8 Å². The minimum atomic E-state index is -3.05. The summed E-state index contributed by atoms with van der Waals surface area (Å²) in [4.78, 5) is 25.6. The van der Waals surface area contributed by atoms with Crippen molar-refractivity contribution in [2.24, 2.45) is 12.0 Å². The fraction of sp³-hybridized carbons (Fsp3) is 0.345. The number of carbonyl (C=O) groups excluding carboxylic acids is 1.